The number of rotatable bonds is 5. The van der Waals surface area contributed by atoms with Crippen LogP contribution >= 0.6 is 0 Å². The van der Waals surface area contributed by atoms with Crippen LogP contribution in [0.25, 0.3) is 10.8 Å². The van der Waals surface area contributed by atoms with Crippen molar-refractivity contribution in [3.63, 3.8) is 0 Å². The van der Waals surface area contributed by atoms with E-state index in [9.17, 15) is 10.2 Å². The van der Waals surface area contributed by atoms with Crippen molar-refractivity contribution in [3.05, 3.63) is 42.0 Å². The van der Waals surface area contributed by atoms with Gasteiger partial charge < -0.3 is 14.9 Å². The van der Waals surface area contributed by atoms with E-state index < -0.39 is 5.60 Å². The van der Waals surface area contributed by atoms with E-state index in [4.69, 9.17) is 4.74 Å². The topological polar surface area (TPSA) is 49.7 Å². The van der Waals surface area contributed by atoms with Gasteiger partial charge in [-0.2, -0.15) is 0 Å². The first kappa shape index (κ1) is 13.8. The summed E-state index contributed by atoms with van der Waals surface area (Å²) in [6, 6.07) is 11.8. The average Bonchev–Trinajstić information content (AvgIpc) is 2.37. The van der Waals surface area contributed by atoms with Crippen LogP contribution in [0, 0.1) is 0 Å². The normalized spacial score (nSPS) is 11.8. The Bertz CT molecular complexity index is 555. The van der Waals surface area contributed by atoms with Gasteiger partial charge in [-0.3, -0.25) is 0 Å². The lowest BCUT2D eigenvalue weighted by atomic mass is 10.0. The van der Waals surface area contributed by atoms with E-state index in [0.717, 1.165) is 16.3 Å². The molecule has 2 aromatic carbocycles. The van der Waals surface area contributed by atoms with Crippen molar-refractivity contribution in [3.8, 4) is 5.75 Å². The fourth-order valence-corrected chi connectivity index (χ4v) is 2.03. The average molecular weight is 260 g/mol. The van der Waals surface area contributed by atoms with Gasteiger partial charge in [0.15, 0.2) is 0 Å². The number of fused-ring (bicyclic) bond motifs is 1. The summed E-state index contributed by atoms with van der Waals surface area (Å²) in [5.41, 5.74) is 0.0600. The predicted octanol–water partition coefficient (Wildman–Crippen LogP) is 2.87. The lowest BCUT2D eigenvalue weighted by Crippen LogP contribution is -2.22. The van der Waals surface area contributed by atoms with E-state index in [1.807, 2.05) is 36.4 Å². The molecule has 0 amide bonds. The number of aliphatic hydroxyl groups excluding tert-OH is 1. The molecule has 2 aromatic rings. The van der Waals surface area contributed by atoms with Crippen LogP contribution in [0.3, 0.4) is 0 Å². The fourth-order valence-electron chi connectivity index (χ4n) is 2.03. The van der Waals surface area contributed by atoms with Gasteiger partial charge in [0.1, 0.15) is 5.75 Å². The molecule has 3 nitrogen and oxygen atoms in total. The first-order chi connectivity index (χ1) is 9.01. The predicted molar refractivity (Wildman–Crippen MR) is 76.3 cm³/mol. The third-order valence-corrected chi connectivity index (χ3v) is 3.13. The maximum absolute atomic E-state index is 9.66. The van der Waals surface area contributed by atoms with Crippen molar-refractivity contribution in [2.75, 3.05) is 6.61 Å². The zero-order valence-electron chi connectivity index (χ0n) is 11.4. The molecule has 0 aliphatic carbocycles. The molecular formula is C16H20O3. The first-order valence-corrected chi connectivity index (χ1v) is 6.48. The maximum atomic E-state index is 9.66. The lowest BCUT2D eigenvalue weighted by molar-refractivity contribution is 0.0550. The molecule has 3 heteroatoms. The van der Waals surface area contributed by atoms with Crippen molar-refractivity contribution in [1.82, 2.24) is 0 Å². The summed E-state index contributed by atoms with van der Waals surface area (Å²) in [4.78, 5) is 0. The highest BCUT2D eigenvalue weighted by Crippen LogP contribution is 2.28. The van der Waals surface area contributed by atoms with Crippen molar-refractivity contribution < 1.29 is 14.9 Å². The van der Waals surface area contributed by atoms with Gasteiger partial charge in [0.2, 0.25) is 0 Å². The maximum Gasteiger partial charge on any atom is 0.125 e. The molecule has 0 heterocycles. The molecule has 0 radical (unpaired) electrons. The Kier molecular flexibility index (Phi) is 4.08. The Labute approximate surface area is 113 Å². The molecule has 0 saturated carbocycles. The number of aliphatic hydroxyl groups is 2. The molecule has 0 aromatic heterocycles. The molecule has 0 aliphatic rings. The molecule has 2 N–H and O–H groups in total. The number of hydrogen-bond acceptors (Lipinski definition) is 3. The van der Waals surface area contributed by atoms with Gasteiger partial charge in [-0.05, 0) is 30.7 Å². The smallest absolute Gasteiger partial charge is 0.125 e. The van der Waals surface area contributed by atoms with Gasteiger partial charge in [0.05, 0.1) is 18.8 Å². The van der Waals surface area contributed by atoms with Crippen LogP contribution in [-0.2, 0) is 6.61 Å². The molecule has 0 spiro atoms. The molecule has 0 bridgehead atoms. The summed E-state index contributed by atoms with van der Waals surface area (Å²) in [6.45, 7) is 3.88. The number of ether oxygens (including phenoxy) is 1. The molecule has 0 saturated heterocycles. The Balaban J connectivity index is 2.23. The summed E-state index contributed by atoms with van der Waals surface area (Å²) in [7, 11) is 0. The third-order valence-electron chi connectivity index (χ3n) is 3.13. The SMILES string of the molecule is CC(C)(O)CCOc1ccc2ccccc2c1CO. The van der Waals surface area contributed by atoms with Gasteiger partial charge in [0, 0.05) is 12.0 Å². The first-order valence-electron chi connectivity index (χ1n) is 6.48. The fraction of sp³-hybridized carbons (Fsp3) is 0.375. The minimum atomic E-state index is -0.740. The monoisotopic (exact) mass is 260 g/mol. The second-order valence-corrected chi connectivity index (χ2v) is 5.33. The highest BCUT2D eigenvalue weighted by Gasteiger charge is 2.13. The third kappa shape index (κ3) is 3.46. The largest absolute Gasteiger partial charge is 0.493 e. The minimum Gasteiger partial charge on any atom is -0.493 e. The molecular weight excluding hydrogens is 240 g/mol. The van der Waals surface area contributed by atoms with Crippen LogP contribution in [0.4, 0.5) is 0 Å². The van der Waals surface area contributed by atoms with Gasteiger partial charge in [0.25, 0.3) is 0 Å². The van der Waals surface area contributed by atoms with Gasteiger partial charge in [-0.1, -0.05) is 30.3 Å². The summed E-state index contributed by atoms with van der Waals surface area (Å²) < 4.78 is 5.69. The van der Waals surface area contributed by atoms with Crippen molar-refractivity contribution in [2.45, 2.75) is 32.5 Å². The Morgan fingerprint density at radius 1 is 1.11 bits per heavy atom. The van der Waals surface area contributed by atoms with Crippen molar-refractivity contribution >= 4 is 10.8 Å². The van der Waals surface area contributed by atoms with E-state index in [1.54, 1.807) is 13.8 Å². The zero-order chi connectivity index (χ0) is 13.9. The van der Waals surface area contributed by atoms with E-state index in [0.29, 0.717) is 18.8 Å². The van der Waals surface area contributed by atoms with Crippen molar-refractivity contribution in [2.24, 2.45) is 0 Å². The summed E-state index contributed by atoms with van der Waals surface area (Å²) in [6.07, 6.45) is 0.546. The van der Waals surface area contributed by atoms with Crippen molar-refractivity contribution in [1.29, 1.82) is 0 Å². The summed E-state index contributed by atoms with van der Waals surface area (Å²) >= 11 is 0. The standard InChI is InChI=1S/C16H20O3/c1-16(2,18)9-10-19-15-8-7-12-5-3-4-6-13(12)14(15)11-17/h3-8,17-18H,9-11H2,1-2H3. The Morgan fingerprint density at radius 3 is 2.53 bits per heavy atom. The Hall–Kier alpha value is -1.58. The highest BCUT2D eigenvalue weighted by atomic mass is 16.5. The minimum absolute atomic E-state index is 0.0563. The van der Waals surface area contributed by atoms with E-state index in [-0.39, 0.29) is 6.61 Å². The summed E-state index contributed by atoms with van der Waals surface area (Å²) in [5, 5.41) is 21.3. The van der Waals surface area contributed by atoms with Gasteiger partial charge in [-0.25, -0.2) is 0 Å². The summed E-state index contributed by atoms with van der Waals surface area (Å²) in [5.74, 6) is 0.686. The van der Waals surface area contributed by atoms with E-state index >= 15 is 0 Å². The van der Waals surface area contributed by atoms with Crippen LogP contribution in [0.2, 0.25) is 0 Å². The molecule has 0 fully saturated rings. The van der Waals surface area contributed by atoms with Gasteiger partial charge >= 0.3 is 0 Å². The molecule has 19 heavy (non-hydrogen) atoms. The second kappa shape index (κ2) is 5.59. The molecule has 0 unspecified atom stereocenters. The molecule has 102 valence electrons. The van der Waals surface area contributed by atoms with Crippen LogP contribution < -0.4 is 4.74 Å². The molecule has 0 aliphatic heterocycles. The molecule has 0 atom stereocenters. The van der Waals surface area contributed by atoms with Crippen LogP contribution in [0.1, 0.15) is 25.8 Å². The van der Waals surface area contributed by atoms with E-state index in [2.05, 4.69) is 0 Å². The quantitative estimate of drug-likeness (QED) is 0.869. The van der Waals surface area contributed by atoms with Crippen LogP contribution in [0.15, 0.2) is 36.4 Å². The zero-order valence-corrected chi connectivity index (χ0v) is 11.4. The highest BCUT2D eigenvalue weighted by molar-refractivity contribution is 5.87. The second-order valence-electron chi connectivity index (χ2n) is 5.33. The Morgan fingerprint density at radius 2 is 1.84 bits per heavy atom. The van der Waals surface area contributed by atoms with Gasteiger partial charge in [-0.15, -0.1) is 0 Å². The van der Waals surface area contributed by atoms with E-state index in [1.165, 1.54) is 0 Å². The number of hydrogen-bond donors (Lipinski definition) is 2. The number of benzene rings is 2. The van der Waals surface area contributed by atoms with Crippen LogP contribution in [-0.4, -0.2) is 22.4 Å². The lowest BCUT2D eigenvalue weighted by Gasteiger charge is -2.18. The molecule has 2 rings (SSSR count). The van der Waals surface area contributed by atoms with Crippen LogP contribution in [0.5, 0.6) is 5.75 Å².